The molecular formula is C15H9Cl2NO. The summed E-state index contributed by atoms with van der Waals surface area (Å²) < 4.78 is 1.60. The monoisotopic (exact) mass is 289 g/mol. The van der Waals surface area contributed by atoms with Crippen molar-refractivity contribution in [3.63, 3.8) is 0 Å². The van der Waals surface area contributed by atoms with Crippen molar-refractivity contribution in [1.29, 1.82) is 0 Å². The number of nitrogens with zero attached hydrogens (tertiary/aromatic N) is 1. The largest absolute Gasteiger partial charge is 0.277 e. The van der Waals surface area contributed by atoms with Crippen LogP contribution in [0.4, 0.5) is 0 Å². The van der Waals surface area contributed by atoms with E-state index in [-0.39, 0.29) is 5.56 Å². The van der Waals surface area contributed by atoms with Gasteiger partial charge in [0.15, 0.2) is 0 Å². The minimum Gasteiger partial charge on any atom is -0.277 e. The van der Waals surface area contributed by atoms with Crippen LogP contribution in [-0.4, -0.2) is 4.57 Å². The highest BCUT2D eigenvalue weighted by atomic mass is 35.5. The van der Waals surface area contributed by atoms with E-state index in [1.54, 1.807) is 16.7 Å². The van der Waals surface area contributed by atoms with Gasteiger partial charge in [0.05, 0.1) is 10.5 Å². The van der Waals surface area contributed by atoms with Crippen molar-refractivity contribution in [1.82, 2.24) is 4.57 Å². The molecule has 0 bridgehead atoms. The SMILES string of the molecule is O=c1cc(Cl)c2ccc(Cl)cc2n1-c1ccccc1. The van der Waals surface area contributed by atoms with Crippen LogP contribution >= 0.6 is 23.2 Å². The fourth-order valence-electron chi connectivity index (χ4n) is 2.10. The normalized spacial score (nSPS) is 10.8. The lowest BCUT2D eigenvalue weighted by molar-refractivity contribution is 1.04. The third-order valence-electron chi connectivity index (χ3n) is 2.94. The zero-order valence-electron chi connectivity index (χ0n) is 9.81. The molecule has 94 valence electrons. The topological polar surface area (TPSA) is 22.0 Å². The molecule has 19 heavy (non-hydrogen) atoms. The second kappa shape index (κ2) is 4.72. The number of para-hydroxylation sites is 1. The Morgan fingerprint density at radius 2 is 1.63 bits per heavy atom. The van der Waals surface area contributed by atoms with Gasteiger partial charge in [-0.15, -0.1) is 0 Å². The first-order valence-electron chi connectivity index (χ1n) is 5.73. The van der Waals surface area contributed by atoms with E-state index >= 15 is 0 Å². The number of fused-ring (bicyclic) bond motifs is 1. The van der Waals surface area contributed by atoms with E-state index in [0.29, 0.717) is 15.6 Å². The molecule has 3 aromatic rings. The molecule has 0 aliphatic carbocycles. The fraction of sp³-hybridized carbons (Fsp3) is 0. The molecule has 0 atom stereocenters. The summed E-state index contributed by atoms with van der Waals surface area (Å²) in [6.45, 7) is 0. The second-order valence-corrected chi connectivity index (χ2v) is 5.01. The van der Waals surface area contributed by atoms with Crippen molar-refractivity contribution >= 4 is 34.1 Å². The highest BCUT2D eigenvalue weighted by Crippen LogP contribution is 2.26. The molecule has 3 rings (SSSR count). The third-order valence-corrected chi connectivity index (χ3v) is 3.49. The van der Waals surface area contributed by atoms with Crippen LogP contribution in [0.2, 0.25) is 10.0 Å². The van der Waals surface area contributed by atoms with Crippen molar-refractivity contribution in [3.8, 4) is 5.69 Å². The zero-order chi connectivity index (χ0) is 13.4. The van der Waals surface area contributed by atoms with Crippen LogP contribution < -0.4 is 5.56 Å². The summed E-state index contributed by atoms with van der Waals surface area (Å²) in [6.07, 6.45) is 0. The Labute approximate surface area is 119 Å². The lowest BCUT2D eigenvalue weighted by Gasteiger charge is -2.11. The van der Waals surface area contributed by atoms with Gasteiger partial charge in [-0.3, -0.25) is 9.36 Å². The molecule has 0 spiro atoms. The van der Waals surface area contributed by atoms with Crippen molar-refractivity contribution in [2.75, 3.05) is 0 Å². The van der Waals surface area contributed by atoms with Crippen molar-refractivity contribution < 1.29 is 0 Å². The summed E-state index contributed by atoms with van der Waals surface area (Å²) >= 11 is 12.1. The van der Waals surface area contributed by atoms with Gasteiger partial charge >= 0.3 is 0 Å². The first-order chi connectivity index (χ1) is 9.16. The van der Waals surface area contributed by atoms with Gasteiger partial charge in [0.2, 0.25) is 0 Å². The maximum atomic E-state index is 12.2. The maximum absolute atomic E-state index is 12.2. The molecule has 1 aromatic heterocycles. The van der Waals surface area contributed by atoms with E-state index in [0.717, 1.165) is 11.1 Å². The lowest BCUT2D eigenvalue weighted by Crippen LogP contribution is -2.17. The van der Waals surface area contributed by atoms with E-state index < -0.39 is 0 Å². The molecule has 0 saturated heterocycles. The van der Waals surface area contributed by atoms with Crippen molar-refractivity contribution in [2.45, 2.75) is 0 Å². The summed E-state index contributed by atoms with van der Waals surface area (Å²) in [5, 5.41) is 1.80. The van der Waals surface area contributed by atoms with E-state index in [9.17, 15) is 4.79 Å². The minimum absolute atomic E-state index is 0.175. The van der Waals surface area contributed by atoms with Crippen LogP contribution in [0, 0.1) is 0 Å². The predicted octanol–water partition coefficient (Wildman–Crippen LogP) is 4.30. The molecule has 0 radical (unpaired) electrons. The molecule has 0 N–H and O–H groups in total. The van der Waals surface area contributed by atoms with Crippen LogP contribution in [0.1, 0.15) is 0 Å². The van der Waals surface area contributed by atoms with Gasteiger partial charge in [0.25, 0.3) is 5.56 Å². The zero-order valence-corrected chi connectivity index (χ0v) is 11.3. The van der Waals surface area contributed by atoms with E-state index in [2.05, 4.69) is 0 Å². The Hall–Kier alpha value is -1.77. The van der Waals surface area contributed by atoms with Crippen LogP contribution in [0.5, 0.6) is 0 Å². The number of hydrogen-bond acceptors (Lipinski definition) is 1. The van der Waals surface area contributed by atoms with Gasteiger partial charge < -0.3 is 0 Å². The van der Waals surface area contributed by atoms with E-state index in [1.165, 1.54) is 6.07 Å². The first kappa shape index (κ1) is 12.3. The fourth-order valence-corrected chi connectivity index (χ4v) is 2.52. The van der Waals surface area contributed by atoms with E-state index in [4.69, 9.17) is 23.2 Å². The second-order valence-electron chi connectivity index (χ2n) is 4.16. The van der Waals surface area contributed by atoms with Crippen LogP contribution in [0.3, 0.4) is 0 Å². The highest BCUT2D eigenvalue weighted by Gasteiger charge is 2.09. The van der Waals surface area contributed by atoms with Crippen molar-refractivity contribution in [3.05, 3.63) is 75.0 Å². The summed E-state index contributed by atoms with van der Waals surface area (Å²) in [7, 11) is 0. The van der Waals surface area contributed by atoms with Crippen molar-refractivity contribution in [2.24, 2.45) is 0 Å². The average Bonchev–Trinajstić information content (AvgIpc) is 2.39. The molecule has 2 aromatic carbocycles. The molecule has 0 aliphatic heterocycles. The van der Waals surface area contributed by atoms with Gasteiger partial charge in [-0.2, -0.15) is 0 Å². The van der Waals surface area contributed by atoms with Gasteiger partial charge in [0, 0.05) is 22.2 Å². The van der Waals surface area contributed by atoms with Gasteiger partial charge in [0.1, 0.15) is 0 Å². The quantitative estimate of drug-likeness (QED) is 0.655. The summed E-state index contributed by atoms with van der Waals surface area (Å²) in [5.41, 5.74) is 1.32. The maximum Gasteiger partial charge on any atom is 0.257 e. The molecule has 0 amide bonds. The predicted molar refractivity (Wildman–Crippen MR) is 79.6 cm³/mol. The van der Waals surface area contributed by atoms with Crippen LogP contribution in [0.25, 0.3) is 16.6 Å². The Balaban J connectivity index is 2.48. The standard InChI is InChI=1S/C15H9Cl2NO/c16-10-6-7-12-13(17)9-15(19)18(14(12)8-10)11-4-2-1-3-5-11/h1-9H. The number of benzene rings is 2. The third kappa shape index (κ3) is 2.14. The Morgan fingerprint density at radius 3 is 2.37 bits per heavy atom. The number of hydrogen-bond donors (Lipinski definition) is 0. The number of rotatable bonds is 1. The molecule has 0 unspecified atom stereocenters. The van der Waals surface area contributed by atoms with Gasteiger partial charge in [-0.1, -0.05) is 41.4 Å². The summed E-state index contributed by atoms with van der Waals surface area (Å²) in [5.74, 6) is 0. The highest BCUT2D eigenvalue weighted by molar-refractivity contribution is 6.36. The molecule has 0 saturated carbocycles. The van der Waals surface area contributed by atoms with Crippen LogP contribution in [-0.2, 0) is 0 Å². The Kier molecular flexibility index (Phi) is 3.05. The lowest BCUT2D eigenvalue weighted by atomic mass is 10.2. The average molecular weight is 290 g/mol. The molecule has 0 fully saturated rings. The first-order valence-corrected chi connectivity index (χ1v) is 6.48. The summed E-state index contributed by atoms with van der Waals surface area (Å²) in [4.78, 5) is 12.2. The number of aromatic nitrogens is 1. The molecule has 1 heterocycles. The molecule has 2 nitrogen and oxygen atoms in total. The summed E-state index contributed by atoms with van der Waals surface area (Å²) in [6, 6.07) is 16.2. The Bertz CT molecular complexity index is 809. The van der Waals surface area contributed by atoms with Gasteiger partial charge in [-0.05, 0) is 30.3 Å². The number of pyridine rings is 1. The molecule has 0 aliphatic rings. The number of halogens is 2. The Morgan fingerprint density at radius 1 is 0.895 bits per heavy atom. The van der Waals surface area contributed by atoms with Crippen LogP contribution in [0.15, 0.2) is 59.4 Å². The van der Waals surface area contributed by atoms with E-state index in [1.807, 2.05) is 36.4 Å². The smallest absolute Gasteiger partial charge is 0.257 e. The molecule has 4 heteroatoms. The van der Waals surface area contributed by atoms with Gasteiger partial charge in [-0.25, -0.2) is 0 Å². The molecular weight excluding hydrogens is 281 g/mol. The minimum atomic E-state index is -0.175.